The summed E-state index contributed by atoms with van der Waals surface area (Å²) in [6.45, 7) is 1.80. The highest BCUT2D eigenvalue weighted by Gasteiger charge is 2.17. The van der Waals surface area contributed by atoms with Gasteiger partial charge in [-0.15, -0.1) is 0 Å². The molecule has 5 nitrogen and oxygen atoms in total. The summed E-state index contributed by atoms with van der Waals surface area (Å²) in [5.41, 5.74) is 1.54. The van der Waals surface area contributed by atoms with Crippen molar-refractivity contribution in [2.75, 3.05) is 5.32 Å². The third-order valence-corrected chi connectivity index (χ3v) is 4.74. The average molecular weight is 377 g/mol. The Morgan fingerprint density at radius 2 is 1.88 bits per heavy atom. The number of benzene rings is 1. The maximum absolute atomic E-state index is 13.3. The minimum Gasteiger partial charge on any atom is -0.348 e. The SMILES string of the molecule is Cc1cc(C(=O)NC2CCCCCC2)nc(Nc2ccc(F)c(Cl)c2)n1. The van der Waals surface area contributed by atoms with Crippen molar-refractivity contribution in [3.8, 4) is 0 Å². The fourth-order valence-electron chi connectivity index (χ4n) is 3.13. The van der Waals surface area contributed by atoms with Gasteiger partial charge in [0.25, 0.3) is 5.91 Å². The van der Waals surface area contributed by atoms with Crippen molar-refractivity contribution in [2.24, 2.45) is 0 Å². The fraction of sp³-hybridized carbons (Fsp3) is 0.421. The zero-order chi connectivity index (χ0) is 18.5. The molecule has 2 N–H and O–H groups in total. The summed E-state index contributed by atoms with van der Waals surface area (Å²) >= 11 is 5.79. The summed E-state index contributed by atoms with van der Waals surface area (Å²) < 4.78 is 13.3. The van der Waals surface area contributed by atoms with E-state index >= 15 is 0 Å². The van der Waals surface area contributed by atoms with Gasteiger partial charge < -0.3 is 10.6 Å². The van der Waals surface area contributed by atoms with Gasteiger partial charge in [0.2, 0.25) is 5.95 Å². The minimum atomic E-state index is -0.495. The van der Waals surface area contributed by atoms with E-state index in [4.69, 9.17) is 11.6 Å². The van der Waals surface area contributed by atoms with Crippen LogP contribution in [0.2, 0.25) is 5.02 Å². The van der Waals surface area contributed by atoms with Crippen LogP contribution in [-0.4, -0.2) is 21.9 Å². The van der Waals surface area contributed by atoms with Crippen molar-refractivity contribution in [1.82, 2.24) is 15.3 Å². The van der Waals surface area contributed by atoms with Crippen LogP contribution in [0, 0.1) is 12.7 Å². The van der Waals surface area contributed by atoms with Gasteiger partial charge in [0.05, 0.1) is 5.02 Å². The number of nitrogens with zero attached hydrogens (tertiary/aromatic N) is 2. The van der Waals surface area contributed by atoms with Crippen molar-refractivity contribution in [1.29, 1.82) is 0 Å². The Kier molecular flexibility index (Phi) is 6.04. The molecule has 0 radical (unpaired) electrons. The second-order valence-corrected chi connectivity index (χ2v) is 7.04. The quantitative estimate of drug-likeness (QED) is 0.754. The van der Waals surface area contributed by atoms with Gasteiger partial charge in [0, 0.05) is 17.4 Å². The Morgan fingerprint density at radius 3 is 2.58 bits per heavy atom. The maximum atomic E-state index is 13.3. The Balaban J connectivity index is 1.73. The minimum absolute atomic E-state index is 0.00832. The lowest BCUT2D eigenvalue weighted by atomic mass is 10.1. The number of aromatic nitrogens is 2. The van der Waals surface area contributed by atoms with Gasteiger partial charge in [0.1, 0.15) is 11.5 Å². The Labute approximate surface area is 157 Å². The van der Waals surface area contributed by atoms with Gasteiger partial charge in [-0.05, 0) is 44.0 Å². The zero-order valence-corrected chi connectivity index (χ0v) is 15.4. The molecule has 1 heterocycles. The number of hydrogen-bond donors (Lipinski definition) is 2. The molecule has 0 spiro atoms. The summed E-state index contributed by atoms with van der Waals surface area (Å²) in [4.78, 5) is 21.2. The first-order chi connectivity index (χ1) is 12.5. The van der Waals surface area contributed by atoms with E-state index in [0.29, 0.717) is 17.1 Å². The van der Waals surface area contributed by atoms with Crippen LogP contribution in [0.15, 0.2) is 24.3 Å². The second kappa shape index (κ2) is 8.45. The van der Waals surface area contributed by atoms with Crippen LogP contribution in [0.25, 0.3) is 0 Å². The molecule has 138 valence electrons. The van der Waals surface area contributed by atoms with Crippen LogP contribution >= 0.6 is 11.6 Å². The first kappa shape index (κ1) is 18.6. The van der Waals surface area contributed by atoms with E-state index in [1.165, 1.54) is 31.0 Å². The van der Waals surface area contributed by atoms with Crippen molar-refractivity contribution in [2.45, 2.75) is 51.5 Å². The van der Waals surface area contributed by atoms with Crippen molar-refractivity contribution in [3.63, 3.8) is 0 Å². The maximum Gasteiger partial charge on any atom is 0.270 e. The highest BCUT2D eigenvalue weighted by molar-refractivity contribution is 6.31. The monoisotopic (exact) mass is 376 g/mol. The number of anilines is 2. The van der Waals surface area contributed by atoms with Gasteiger partial charge in [0.15, 0.2) is 0 Å². The predicted molar refractivity (Wildman–Crippen MR) is 100 cm³/mol. The summed E-state index contributed by atoms with van der Waals surface area (Å²) in [7, 11) is 0. The Morgan fingerprint density at radius 1 is 1.15 bits per heavy atom. The number of amides is 1. The Hall–Kier alpha value is -2.21. The number of aryl methyl sites for hydroxylation is 1. The highest BCUT2D eigenvalue weighted by Crippen LogP contribution is 2.22. The molecule has 1 saturated carbocycles. The molecule has 3 rings (SSSR count). The van der Waals surface area contributed by atoms with E-state index in [9.17, 15) is 9.18 Å². The van der Waals surface area contributed by atoms with Crippen LogP contribution in [0.3, 0.4) is 0 Å². The molecular formula is C19H22ClFN4O. The lowest BCUT2D eigenvalue weighted by Gasteiger charge is -2.16. The topological polar surface area (TPSA) is 66.9 Å². The van der Waals surface area contributed by atoms with Gasteiger partial charge in [-0.3, -0.25) is 4.79 Å². The van der Waals surface area contributed by atoms with Crippen LogP contribution in [0.4, 0.5) is 16.0 Å². The molecule has 7 heteroatoms. The number of rotatable bonds is 4. The van der Waals surface area contributed by atoms with Crippen LogP contribution < -0.4 is 10.6 Å². The van der Waals surface area contributed by atoms with E-state index in [1.807, 2.05) is 0 Å². The van der Waals surface area contributed by atoms with E-state index < -0.39 is 5.82 Å². The summed E-state index contributed by atoms with van der Waals surface area (Å²) in [6, 6.07) is 6.12. The molecule has 1 aromatic heterocycles. The molecular weight excluding hydrogens is 355 g/mol. The molecule has 1 fully saturated rings. The Bertz CT molecular complexity index is 791. The van der Waals surface area contributed by atoms with Gasteiger partial charge in [-0.2, -0.15) is 0 Å². The number of halogens is 2. The first-order valence-electron chi connectivity index (χ1n) is 8.90. The normalized spacial score (nSPS) is 15.3. The third kappa shape index (κ3) is 4.91. The van der Waals surface area contributed by atoms with Gasteiger partial charge >= 0.3 is 0 Å². The number of carbonyl (C=O) groups excluding carboxylic acids is 1. The number of carbonyl (C=O) groups is 1. The molecule has 2 aromatic rings. The number of hydrogen-bond acceptors (Lipinski definition) is 4. The van der Waals surface area contributed by atoms with E-state index in [2.05, 4.69) is 20.6 Å². The zero-order valence-electron chi connectivity index (χ0n) is 14.7. The van der Waals surface area contributed by atoms with Crippen molar-refractivity contribution in [3.05, 3.63) is 46.5 Å². The largest absolute Gasteiger partial charge is 0.348 e. The fourth-order valence-corrected chi connectivity index (χ4v) is 3.31. The summed E-state index contributed by atoms with van der Waals surface area (Å²) in [6.07, 6.45) is 6.77. The van der Waals surface area contributed by atoms with Gasteiger partial charge in [-0.25, -0.2) is 14.4 Å². The third-order valence-electron chi connectivity index (χ3n) is 4.45. The molecule has 0 atom stereocenters. The molecule has 0 saturated heterocycles. The first-order valence-corrected chi connectivity index (χ1v) is 9.28. The van der Waals surface area contributed by atoms with Crippen LogP contribution in [-0.2, 0) is 0 Å². The molecule has 1 aromatic carbocycles. The molecule has 1 aliphatic rings. The van der Waals surface area contributed by atoms with E-state index in [0.717, 1.165) is 25.7 Å². The molecule has 0 bridgehead atoms. The smallest absolute Gasteiger partial charge is 0.270 e. The molecule has 0 unspecified atom stereocenters. The molecule has 26 heavy (non-hydrogen) atoms. The lowest BCUT2D eigenvalue weighted by molar-refractivity contribution is 0.0928. The predicted octanol–water partition coefficient (Wildman–Crippen LogP) is 4.77. The van der Waals surface area contributed by atoms with Crippen molar-refractivity contribution < 1.29 is 9.18 Å². The number of nitrogens with one attached hydrogen (secondary N) is 2. The highest BCUT2D eigenvalue weighted by atomic mass is 35.5. The van der Waals surface area contributed by atoms with Crippen LogP contribution in [0.5, 0.6) is 0 Å². The van der Waals surface area contributed by atoms with E-state index in [-0.39, 0.29) is 22.9 Å². The standard InChI is InChI=1S/C19H22ClFN4O/c1-12-10-17(18(26)23-13-6-4-2-3-5-7-13)25-19(22-12)24-14-8-9-16(21)15(20)11-14/h8-11,13H,2-7H2,1H3,(H,23,26)(H,22,24,25). The lowest BCUT2D eigenvalue weighted by Crippen LogP contribution is -2.35. The van der Waals surface area contributed by atoms with Gasteiger partial charge in [-0.1, -0.05) is 37.3 Å². The summed E-state index contributed by atoms with van der Waals surface area (Å²) in [5.74, 6) is -0.410. The molecule has 1 aliphatic carbocycles. The van der Waals surface area contributed by atoms with Crippen LogP contribution in [0.1, 0.15) is 54.7 Å². The van der Waals surface area contributed by atoms with Crippen molar-refractivity contribution >= 4 is 29.1 Å². The summed E-state index contributed by atoms with van der Waals surface area (Å²) in [5, 5.41) is 6.06. The second-order valence-electron chi connectivity index (χ2n) is 6.63. The average Bonchev–Trinajstić information content (AvgIpc) is 2.86. The van der Waals surface area contributed by atoms with E-state index in [1.54, 1.807) is 13.0 Å². The molecule has 0 aliphatic heterocycles. The molecule has 1 amide bonds.